The number of alkyl halides is 1. The maximum Gasteiger partial charge on any atom is 0.226 e. The van der Waals surface area contributed by atoms with Crippen LogP contribution in [0, 0.1) is 11.8 Å². The molecular formula is C12H20BrNO. The highest BCUT2D eigenvalue weighted by Crippen LogP contribution is 2.43. The summed E-state index contributed by atoms with van der Waals surface area (Å²) in [5.74, 6) is 1.45. The zero-order chi connectivity index (χ0) is 11.0. The molecule has 0 N–H and O–H groups in total. The van der Waals surface area contributed by atoms with Crippen molar-refractivity contribution in [3.8, 4) is 0 Å². The number of hydrogen-bond donors (Lipinski definition) is 0. The van der Waals surface area contributed by atoms with Gasteiger partial charge in [-0.25, -0.2) is 0 Å². The third-order valence-electron chi connectivity index (χ3n) is 3.87. The summed E-state index contributed by atoms with van der Waals surface area (Å²) in [5.41, 5.74) is 0. The topological polar surface area (TPSA) is 20.3 Å². The van der Waals surface area contributed by atoms with Crippen LogP contribution in [-0.4, -0.2) is 28.2 Å². The van der Waals surface area contributed by atoms with E-state index in [2.05, 4.69) is 34.7 Å². The van der Waals surface area contributed by atoms with Gasteiger partial charge < -0.3 is 4.90 Å². The fourth-order valence-corrected chi connectivity index (χ4v) is 3.16. The van der Waals surface area contributed by atoms with E-state index < -0.39 is 0 Å². The molecule has 0 bridgehead atoms. The van der Waals surface area contributed by atoms with Crippen LogP contribution in [0.4, 0.5) is 0 Å². The molecule has 1 aliphatic carbocycles. The Labute approximate surface area is 101 Å². The first-order valence-electron chi connectivity index (χ1n) is 6.08. The second kappa shape index (κ2) is 4.44. The monoisotopic (exact) mass is 273 g/mol. The predicted molar refractivity (Wildman–Crippen MR) is 65.0 cm³/mol. The number of carbonyl (C=O) groups excluding carboxylic acids is 1. The molecule has 1 heterocycles. The molecule has 1 amide bonds. The quantitative estimate of drug-likeness (QED) is 0.709. The molecule has 4 unspecified atom stereocenters. The summed E-state index contributed by atoms with van der Waals surface area (Å²) >= 11 is 3.63. The van der Waals surface area contributed by atoms with Crippen LogP contribution in [0.25, 0.3) is 0 Å². The highest BCUT2D eigenvalue weighted by atomic mass is 79.9. The molecule has 0 aromatic rings. The molecule has 15 heavy (non-hydrogen) atoms. The van der Waals surface area contributed by atoms with Crippen molar-refractivity contribution in [3.05, 3.63) is 0 Å². The average molecular weight is 274 g/mol. The predicted octanol–water partition coefficient (Wildman–Crippen LogP) is 2.81. The van der Waals surface area contributed by atoms with Crippen molar-refractivity contribution in [2.75, 3.05) is 6.54 Å². The summed E-state index contributed by atoms with van der Waals surface area (Å²) in [5, 5.41) is 0. The van der Waals surface area contributed by atoms with E-state index >= 15 is 0 Å². The van der Waals surface area contributed by atoms with Gasteiger partial charge in [-0.2, -0.15) is 0 Å². The van der Waals surface area contributed by atoms with Crippen LogP contribution in [0.2, 0.25) is 0 Å². The van der Waals surface area contributed by atoms with E-state index in [1.54, 1.807) is 0 Å². The standard InChI is InChI=1S/C12H20BrNO/c1-3-9-6-11(9)12(15)14-7-10(13)5-4-8(14)2/h8-11H,3-7H2,1-2H3. The van der Waals surface area contributed by atoms with Gasteiger partial charge in [-0.1, -0.05) is 29.3 Å². The third-order valence-corrected chi connectivity index (χ3v) is 4.62. The lowest BCUT2D eigenvalue weighted by Crippen LogP contribution is -2.46. The summed E-state index contributed by atoms with van der Waals surface area (Å²) < 4.78 is 0. The molecule has 1 saturated carbocycles. The Morgan fingerprint density at radius 2 is 2.20 bits per heavy atom. The normalized spacial score (nSPS) is 40.3. The van der Waals surface area contributed by atoms with E-state index in [0.29, 0.717) is 28.6 Å². The van der Waals surface area contributed by atoms with Crippen molar-refractivity contribution in [2.45, 2.75) is 50.4 Å². The van der Waals surface area contributed by atoms with E-state index in [4.69, 9.17) is 0 Å². The minimum absolute atomic E-state index is 0.357. The fourth-order valence-electron chi connectivity index (χ4n) is 2.58. The Morgan fingerprint density at radius 3 is 2.80 bits per heavy atom. The van der Waals surface area contributed by atoms with Gasteiger partial charge in [-0.05, 0) is 32.1 Å². The number of carbonyl (C=O) groups is 1. The van der Waals surface area contributed by atoms with Crippen LogP contribution in [0.15, 0.2) is 0 Å². The zero-order valence-electron chi connectivity index (χ0n) is 9.58. The molecule has 1 aliphatic heterocycles. The van der Waals surface area contributed by atoms with Crippen LogP contribution in [0.3, 0.4) is 0 Å². The Hall–Kier alpha value is -0.0500. The molecule has 2 rings (SSSR count). The molecule has 2 aliphatic rings. The Bertz CT molecular complexity index is 256. The number of rotatable bonds is 2. The summed E-state index contributed by atoms with van der Waals surface area (Å²) in [7, 11) is 0. The minimum atomic E-state index is 0.357. The Morgan fingerprint density at radius 1 is 1.47 bits per heavy atom. The molecule has 86 valence electrons. The highest BCUT2D eigenvalue weighted by molar-refractivity contribution is 9.09. The van der Waals surface area contributed by atoms with Crippen molar-refractivity contribution in [1.82, 2.24) is 4.90 Å². The zero-order valence-corrected chi connectivity index (χ0v) is 11.2. The van der Waals surface area contributed by atoms with E-state index in [1.807, 2.05) is 0 Å². The Balaban J connectivity index is 1.94. The first-order valence-corrected chi connectivity index (χ1v) is 6.99. The lowest BCUT2D eigenvalue weighted by molar-refractivity contribution is -0.136. The summed E-state index contributed by atoms with van der Waals surface area (Å²) in [6.45, 7) is 5.28. The number of piperidine rings is 1. The molecule has 0 aromatic carbocycles. The number of halogens is 1. The van der Waals surface area contributed by atoms with Gasteiger partial charge in [0, 0.05) is 23.3 Å². The van der Waals surface area contributed by atoms with Crippen molar-refractivity contribution in [3.63, 3.8) is 0 Å². The number of likely N-dealkylation sites (tertiary alicyclic amines) is 1. The van der Waals surface area contributed by atoms with Crippen LogP contribution in [0.1, 0.15) is 39.5 Å². The molecule has 1 saturated heterocycles. The smallest absolute Gasteiger partial charge is 0.226 e. The molecule has 4 atom stereocenters. The number of amides is 1. The van der Waals surface area contributed by atoms with Gasteiger partial charge in [0.15, 0.2) is 0 Å². The SMILES string of the molecule is CCC1CC1C(=O)N1CC(Br)CCC1C. The third kappa shape index (κ3) is 2.38. The van der Waals surface area contributed by atoms with Gasteiger partial charge in [0.25, 0.3) is 0 Å². The van der Waals surface area contributed by atoms with Gasteiger partial charge in [0.1, 0.15) is 0 Å². The lowest BCUT2D eigenvalue weighted by atomic mass is 10.0. The van der Waals surface area contributed by atoms with Crippen molar-refractivity contribution in [1.29, 1.82) is 0 Å². The molecule has 3 heteroatoms. The second-order valence-electron chi connectivity index (χ2n) is 5.02. The maximum atomic E-state index is 12.2. The summed E-state index contributed by atoms with van der Waals surface area (Å²) in [6, 6.07) is 0.449. The largest absolute Gasteiger partial charge is 0.339 e. The molecule has 0 aromatic heterocycles. The van der Waals surface area contributed by atoms with Crippen LogP contribution in [-0.2, 0) is 4.79 Å². The minimum Gasteiger partial charge on any atom is -0.339 e. The van der Waals surface area contributed by atoms with Gasteiger partial charge >= 0.3 is 0 Å². The van der Waals surface area contributed by atoms with Gasteiger partial charge in [0.2, 0.25) is 5.91 Å². The van der Waals surface area contributed by atoms with E-state index in [9.17, 15) is 4.79 Å². The first-order chi connectivity index (χ1) is 7.13. The maximum absolute atomic E-state index is 12.2. The fraction of sp³-hybridized carbons (Fsp3) is 0.917. The molecule has 2 fully saturated rings. The van der Waals surface area contributed by atoms with Crippen molar-refractivity contribution < 1.29 is 4.79 Å². The number of nitrogens with zero attached hydrogens (tertiary/aromatic N) is 1. The summed E-state index contributed by atoms with van der Waals surface area (Å²) in [6.07, 6.45) is 4.64. The molecule has 0 radical (unpaired) electrons. The van der Waals surface area contributed by atoms with Crippen molar-refractivity contribution in [2.24, 2.45) is 11.8 Å². The molecular weight excluding hydrogens is 254 g/mol. The highest BCUT2D eigenvalue weighted by Gasteiger charge is 2.45. The van der Waals surface area contributed by atoms with E-state index in [1.165, 1.54) is 6.42 Å². The molecule has 2 nitrogen and oxygen atoms in total. The van der Waals surface area contributed by atoms with Crippen molar-refractivity contribution >= 4 is 21.8 Å². The first kappa shape index (κ1) is 11.4. The van der Waals surface area contributed by atoms with Gasteiger partial charge in [0.05, 0.1) is 0 Å². The van der Waals surface area contributed by atoms with E-state index in [0.717, 1.165) is 25.8 Å². The second-order valence-corrected chi connectivity index (χ2v) is 6.32. The van der Waals surface area contributed by atoms with Gasteiger partial charge in [-0.3, -0.25) is 4.79 Å². The van der Waals surface area contributed by atoms with Crippen LogP contribution >= 0.6 is 15.9 Å². The summed E-state index contributed by atoms with van der Waals surface area (Å²) in [4.78, 5) is 14.8. The van der Waals surface area contributed by atoms with Crippen LogP contribution in [0.5, 0.6) is 0 Å². The van der Waals surface area contributed by atoms with Gasteiger partial charge in [-0.15, -0.1) is 0 Å². The number of hydrogen-bond acceptors (Lipinski definition) is 1. The van der Waals surface area contributed by atoms with E-state index in [-0.39, 0.29) is 0 Å². The Kier molecular flexibility index (Phi) is 3.39. The van der Waals surface area contributed by atoms with Crippen LogP contribution < -0.4 is 0 Å². The lowest BCUT2D eigenvalue weighted by Gasteiger charge is -2.36. The average Bonchev–Trinajstić information content (AvgIpc) is 3.00. The molecule has 0 spiro atoms.